The number of phenols is 1. The van der Waals surface area contributed by atoms with Gasteiger partial charge in [0.1, 0.15) is 5.75 Å². The highest BCUT2D eigenvalue weighted by atomic mass is 16.3. The van der Waals surface area contributed by atoms with E-state index in [1.807, 2.05) is 12.1 Å². The lowest BCUT2D eigenvalue weighted by atomic mass is 9.89. The van der Waals surface area contributed by atoms with E-state index < -0.39 is 0 Å². The molecule has 0 heterocycles. The third-order valence-electron chi connectivity index (χ3n) is 4.95. The minimum Gasteiger partial charge on any atom is -0.508 e. The van der Waals surface area contributed by atoms with Crippen molar-refractivity contribution < 1.29 is 5.11 Å². The van der Waals surface area contributed by atoms with Crippen molar-refractivity contribution in [3.8, 4) is 16.9 Å². The molecule has 0 aliphatic rings. The summed E-state index contributed by atoms with van der Waals surface area (Å²) in [6, 6.07) is 31.1. The summed E-state index contributed by atoms with van der Waals surface area (Å²) in [6.45, 7) is 0. The second kappa shape index (κ2) is 5.35. The molecular weight excluding hydrogens is 304 g/mol. The monoisotopic (exact) mass is 320 g/mol. The third-order valence-corrected chi connectivity index (χ3v) is 4.95. The van der Waals surface area contributed by atoms with Crippen molar-refractivity contribution in [1.29, 1.82) is 0 Å². The minimum atomic E-state index is 0.291. The summed E-state index contributed by atoms with van der Waals surface area (Å²) in [5.41, 5.74) is 2.31. The number of rotatable bonds is 1. The highest BCUT2D eigenvalue weighted by Crippen LogP contribution is 2.40. The summed E-state index contributed by atoms with van der Waals surface area (Å²) in [5, 5.41) is 17.3. The Hall–Kier alpha value is -3.32. The Labute approximate surface area is 145 Å². The normalized spacial score (nSPS) is 11.4. The van der Waals surface area contributed by atoms with E-state index in [-0.39, 0.29) is 0 Å². The molecule has 5 aromatic rings. The predicted molar refractivity (Wildman–Crippen MR) is 106 cm³/mol. The van der Waals surface area contributed by atoms with Crippen molar-refractivity contribution in [2.45, 2.75) is 0 Å². The van der Waals surface area contributed by atoms with Crippen LogP contribution in [0.25, 0.3) is 43.4 Å². The Bertz CT molecular complexity index is 1190. The standard InChI is InChI=1S/C24H16O/c25-17-14-12-16(13-15-17)18-10-5-11-23-21-7-2-1-6-19(21)20-8-3-4-9-22(20)24(18)23/h1-15,25H. The van der Waals surface area contributed by atoms with Gasteiger partial charge in [0.05, 0.1) is 0 Å². The maximum absolute atomic E-state index is 9.63. The van der Waals surface area contributed by atoms with Crippen molar-refractivity contribution in [3.63, 3.8) is 0 Å². The molecule has 5 aromatic carbocycles. The molecule has 0 radical (unpaired) electrons. The second-order valence-corrected chi connectivity index (χ2v) is 6.37. The number of hydrogen-bond donors (Lipinski definition) is 1. The first-order chi connectivity index (χ1) is 12.3. The molecule has 0 saturated heterocycles. The van der Waals surface area contributed by atoms with Crippen LogP contribution in [0.4, 0.5) is 0 Å². The molecule has 25 heavy (non-hydrogen) atoms. The van der Waals surface area contributed by atoms with Crippen LogP contribution in [-0.4, -0.2) is 5.11 Å². The maximum atomic E-state index is 9.63. The molecule has 0 aliphatic heterocycles. The van der Waals surface area contributed by atoms with Gasteiger partial charge in [0, 0.05) is 0 Å². The molecule has 0 aromatic heterocycles. The third kappa shape index (κ3) is 2.10. The average molecular weight is 320 g/mol. The molecule has 0 bridgehead atoms. The van der Waals surface area contributed by atoms with Crippen LogP contribution in [0.2, 0.25) is 0 Å². The van der Waals surface area contributed by atoms with Crippen LogP contribution >= 0.6 is 0 Å². The van der Waals surface area contributed by atoms with Gasteiger partial charge in [-0.1, -0.05) is 78.9 Å². The first-order valence-electron chi connectivity index (χ1n) is 8.44. The zero-order valence-corrected chi connectivity index (χ0v) is 13.6. The van der Waals surface area contributed by atoms with Crippen LogP contribution in [0.1, 0.15) is 0 Å². The largest absolute Gasteiger partial charge is 0.508 e. The van der Waals surface area contributed by atoms with Gasteiger partial charge >= 0.3 is 0 Å². The lowest BCUT2D eigenvalue weighted by Gasteiger charge is -2.14. The molecule has 0 saturated carbocycles. The van der Waals surface area contributed by atoms with E-state index in [1.54, 1.807) is 12.1 Å². The fraction of sp³-hybridized carbons (Fsp3) is 0. The Morgan fingerprint density at radius 2 is 0.920 bits per heavy atom. The molecule has 0 spiro atoms. The molecule has 0 unspecified atom stereocenters. The molecule has 118 valence electrons. The van der Waals surface area contributed by atoms with E-state index in [2.05, 4.69) is 66.7 Å². The molecule has 1 heteroatoms. The highest BCUT2D eigenvalue weighted by Gasteiger charge is 2.12. The summed E-state index contributed by atoms with van der Waals surface area (Å²) in [7, 11) is 0. The Balaban J connectivity index is 2.03. The van der Waals surface area contributed by atoms with E-state index in [9.17, 15) is 5.11 Å². The van der Waals surface area contributed by atoms with Gasteiger partial charge in [0.15, 0.2) is 0 Å². The number of phenolic OH excluding ortho intramolecular Hbond substituents is 1. The lowest BCUT2D eigenvalue weighted by molar-refractivity contribution is 0.475. The SMILES string of the molecule is Oc1ccc(-c2cccc3c4ccccc4c4ccccc4c23)cc1. The van der Waals surface area contributed by atoms with Gasteiger partial charge in [0.25, 0.3) is 0 Å². The summed E-state index contributed by atoms with van der Waals surface area (Å²) in [6.07, 6.45) is 0. The van der Waals surface area contributed by atoms with E-state index >= 15 is 0 Å². The van der Waals surface area contributed by atoms with Crippen molar-refractivity contribution in [3.05, 3.63) is 91.0 Å². The quantitative estimate of drug-likeness (QED) is 0.349. The van der Waals surface area contributed by atoms with Gasteiger partial charge in [0.2, 0.25) is 0 Å². The molecule has 0 fully saturated rings. The Morgan fingerprint density at radius 1 is 0.440 bits per heavy atom. The average Bonchev–Trinajstić information content (AvgIpc) is 2.68. The van der Waals surface area contributed by atoms with Gasteiger partial charge < -0.3 is 5.11 Å². The second-order valence-electron chi connectivity index (χ2n) is 6.37. The minimum absolute atomic E-state index is 0.291. The van der Waals surface area contributed by atoms with Gasteiger partial charge in [-0.15, -0.1) is 0 Å². The van der Waals surface area contributed by atoms with E-state index in [0.29, 0.717) is 5.75 Å². The van der Waals surface area contributed by atoms with Crippen LogP contribution < -0.4 is 0 Å². The lowest BCUT2D eigenvalue weighted by Crippen LogP contribution is -1.86. The van der Waals surface area contributed by atoms with Crippen LogP contribution in [0.15, 0.2) is 91.0 Å². The van der Waals surface area contributed by atoms with Crippen molar-refractivity contribution >= 4 is 32.3 Å². The fourth-order valence-corrected chi connectivity index (χ4v) is 3.84. The Kier molecular flexibility index (Phi) is 3.01. The molecule has 1 nitrogen and oxygen atoms in total. The summed E-state index contributed by atoms with van der Waals surface area (Å²) < 4.78 is 0. The smallest absolute Gasteiger partial charge is 0.115 e. The first kappa shape index (κ1) is 14.1. The molecule has 0 atom stereocenters. The van der Waals surface area contributed by atoms with Gasteiger partial charge in [-0.05, 0) is 55.6 Å². The number of aromatic hydroxyl groups is 1. The van der Waals surface area contributed by atoms with Crippen molar-refractivity contribution in [1.82, 2.24) is 0 Å². The van der Waals surface area contributed by atoms with Crippen LogP contribution in [0.3, 0.4) is 0 Å². The molecule has 0 aliphatic carbocycles. The van der Waals surface area contributed by atoms with Crippen LogP contribution in [-0.2, 0) is 0 Å². The molecule has 0 amide bonds. The number of fused-ring (bicyclic) bond motifs is 6. The summed E-state index contributed by atoms with van der Waals surface area (Å²) in [4.78, 5) is 0. The topological polar surface area (TPSA) is 20.2 Å². The Morgan fingerprint density at radius 3 is 1.52 bits per heavy atom. The summed E-state index contributed by atoms with van der Waals surface area (Å²) >= 11 is 0. The van der Waals surface area contributed by atoms with Crippen LogP contribution in [0, 0.1) is 0 Å². The zero-order valence-electron chi connectivity index (χ0n) is 13.6. The zero-order chi connectivity index (χ0) is 16.8. The number of benzene rings is 5. The van der Waals surface area contributed by atoms with E-state index in [4.69, 9.17) is 0 Å². The molecule has 1 N–H and O–H groups in total. The van der Waals surface area contributed by atoms with Crippen molar-refractivity contribution in [2.24, 2.45) is 0 Å². The molecule has 5 rings (SSSR count). The van der Waals surface area contributed by atoms with Gasteiger partial charge in [-0.25, -0.2) is 0 Å². The fourth-order valence-electron chi connectivity index (χ4n) is 3.84. The van der Waals surface area contributed by atoms with Gasteiger partial charge in [-0.2, -0.15) is 0 Å². The predicted octanol–water partition coefficient (Wildman–Crippen LogP) is 6.52. The number of hydrogen-bond acceptors (Lipinski definition) is 1. The maximum Gasteiger partial charge on any atom is 0.115 e. The van der Waals surface area contributed by atoms with E-state index in [0.717, 1.165) is 5.56 Å². The van der Waals surface area contributed by atoms with Crippen LogP contribution in [0.5, 0.6) is 5.75 Å². The van der Waals surface area contributed by atoms with E-state index in [1.165, 1.54) is 37.9 Å². The molecular formula is C24H16O. The van der Waals surface area contributed by atoms with Crippen molar-refractivity contribution in [2.75, 3.05) is 0 Å². The summed E-state index contributed by atoms with van der Waals surface area (Å²) in [5.74, 6) is 0.291. The highest BCUT2D eigenvalue weighted by molar-refractivity contribution is 6.28. The van der Waals surface area contributed by atoms with Gasteiger partial charge in [-0.3, -0.25) is 0 Å². The first-order valence-corrected chi connectivity index (χ1v) is 8.44.